The Morgan fingerprint density at radius 1 is 0.750 bits per heavy atom. The van der Waals surface area contributed by atoms with Crippen molar-refractivity contribution in [3.63, 3.8) is 0 Å². The molecule has 17 nitrogen and oxygen atoms in total. The van der Waals surface area contributed by atoms with Gasteiger partial charge in [0.25, 0.3) is 0 Å². The van der Waals surface area contributed by atoms with Gasteiger partial charge >= 0.3 is 0 Å². The smallest absolute Gasteiger partial charge is 0.0565 e. The molecule has 0 radical (unpaired) electrons. The lowest BCUT2D eigenvalue weighted by Gasteiger charge is -2.82. The maximum absolute atomic E-state index is 10.6. The largest absolute Gasteiger partial charge is 0.865 e. The first-order valence-electron chi connectivity index (χ1n) is 4.08. The van der Waals surface area contributed by atoms with Crippen LogP contribution in [0, 0.1) is 0 Å². The van der Waals surface area contributed by atoms with Crippen LogP contribution in [0.5, 0.6) is 0 Å². The molecule has 0 aliphatic heterocycles. The summed E-state index contributed by atoms with van der Waals surface area (Å²) in [5, 5.41) is 53.0. The van der Waals surface area contributed by atoms with E-state index in [0.29, 0.717) is 0 Å². The van der Waals surface area contributed by atoms with Gasteiger partial charge in [0.05, 0.1) is 0 Å². The second-order valence-electron chi connectivity index (χ2n) is 3.25. The summed E-state index contributed by atoms with van der Waals surface area (Å²) in [6.45, 7) is 0. The number of quaternary nitrogens is 8. The van der Waals surface area contributed by atoms with Gasteiger partial charge in [0.15, 0.2) is 0 Å². The molecule has 0 amide bonds. The van der Waals surface area contributed by atoms with Gasteiger partial charge in [-0.05, 0) is 0 Å². The van der Waals surface area contributed by atoms with E-state index < -0.39 is 31.9 Å². The molecule has 32 N–H and O–H groups in total. The van der Waals surface area contributed by atoms with E-state index in [2.05, 4.69) is 0 Å². The Bertz CT molecular complexity index is 283. The molecule has 1 fully saturated rings. The number of hydrogen-bond donors (Lipinski definition) is 8. The summed E-state index contributed by atoms with van der Waals surface area (Å²) in [5.41, 5.74) is 0. The van der Waals surface area contributed by atoms with E-state index in [9.17, 15) is 25.5 Å². The van der Waals surface area contributed by atoms with Gasteiger partial charge in [0.2, 0.25) is 0 Å². The average Bonchev–Trinajstić information content (AvgIpc) is 1.97. The van der Waals surface area contributed by atoms with Crippen LogP contribution in [0.25, 0.3) is 0 Å². The highest BCUT2D eigenvalue weighted by atomic mass is 31.2. The van der Waals surface area contributed by atoms with Crippen LogP contribution in [-0.4, -0.2) is 17.7 Å². The fraction of sp³-hybridized carbons (Fsp3) is 1.00. The molecule has 24 heavy (non-hydrogen) atoms. The molecule has 0 saturated heterocycles. The van der Waals surface area contributed by atoms with E-state index in [1.165, 1.54) is 0 Å². The zero-order valence-corrected chi connectivity index (χ0v) is 16.7. The van der Waals surface area contributed by atoms with Crippen LogP contribution in [0.3, 0.4) is 0 Å². The van der Waals surface area contributed by atoms with Gasteiger partial charge in [-0.3, -0.25) is 5.79 Å². The lowest BCUT2D eigenvalue weighted by atomic mass is 9.86. The Balaban J connectivity index is -0.0000000226. The minimum absolute atomic E-state index is 0. The quantitative estimate of drug-likeness (QED) is 0.142. The zero-order chi connectivity index (χ0) is 13.2. The molecule has 0 bridgehead atoms. The normalized spacial score (nSPS) is 18.6. The SMILES string of the molecule is O=P([O-])([O-])[O-].[NH4+].[NH4+].[NH4+].[NH4+].[NH4+].[NH4+].[NH4+].[NH4+].[O-]C1CCCC([O-])([O-])C1([O-])[O-]. The highest BCUT2D eigenvalue weighted by Crippen LogP contribution is 2.23. The van der Waals surface area contributed by atoms with Crippen LogP contribution in [0.4, 0.5) is 0 Å². The molecule has 1 aliphatic carbocycles. The van der Waals surface area contributed by atoms with Crippen molar-refractivity contribution < 1.29 is 44.8 Å². The van der Waals surface area contributed by atoms with Gasteiger partial charge in [-0.1, -0.05) is 19.3 Å². The van der Waals surface area contributed by atoms with Gasteiger partial charge < -0.3 is 94.0 Å². The molecule has 1 atom stereocenters. The van der Waals surface area contributed by atoms with Gasteiger partial charge in [-0.25, -0.2) is 5.79 Å². The van der Waals surface area contributed by atoms with Crippen LogP contribution in [0.2, 0.25) is 0 Å². The molecule has 1 unspecified atom stereocenters. The van der Waals surface area contributed by atoms with Crippen molar-refractivity contribution in [2.75, 3.05) is 0 Å². The second-order valence-corrected chi connectivity index (χ2v) is 4.14. The third-order valence-corrected chi connectivity index (χ3v) is 1.93. The van der Waals surface area contributed by atoms with Crippen LogP contribution in [0.1, 0.15) is 19.3 Å². The molecule has 162 valence electrons. The van der Waals surface area contributed by atoms with E-state index >= 15 is 0 Å². The van der Waals surface area contributed by atoms with Crippen LogP contribution >= 0.6 is 7.82 Å². The average molecular weight is 398 g/mol. The molecule has 1 aliphatic rings. The Morgan fingerprint density at radius 2 is 1.00 bits per heavy atom. The molecule has 0 aromatic heterocycles. The highest BCUT2D eigenvalue weighted by Gasteiger charge is 2.18. The Kier molecular flexibility index (Phi) is 44.6. The minimum Gasteiger partial charge on any atom is -0.865 e. The Labute approximate surface area is 140 Å². The summed E-state index contributed by atoms with van der Waals surface area (Å²) in [4.78, 5) is 25.6. The number of phosphoric acid groups is 1. The first-order valence-corrected chi connectivity index (χ1v) is 5.54. The highest BCUT2D eigenvalue weighted by molar-refractivity contribution is 7.40. The van der Waals surface area contributed by atoms with Crippen molar-refractivity contribution in [2.24, 2.45) is 0 Å². The van der Waals surface area contributed by atoms with E-state index in [1.807, 2.05) is 0 Å². The molecule has 0 heterocycles. The monoisotopic (exact) mass is 398 g/mol. The third kappa shape index (κ3) is 19.6. The van der Waals surface area contributed by atoms with Gasteiger partial charge in [-0.2, -0.15) is 13.9 Å². The lowest BCUT2D eigenvalue weighted by Crippen LogP contribution is -2.89. The Morgan fingerprint density at radius 3 is 1.17 bits per heavy atom. The summed E-state index contributed by atoms with van der Waals surface area (Å²) in [6.07, 6.45) is -2.68. The molecule has 0 aromatic carbocycles. The number of rotatable bonds is 0. The first-order chi connectivity index (χ1) is 6.88. The second kappa shape index (κ2) is 18.9. The molecule has 1 rings (SSSR count). The topological polar surface area (TPSA) is 494 Å². The summed E-state index contributed by atoms with van der Waals surface area (Å²) >= 11 is 0. The van der Waals surface area contributed by atoms with E-state index in [4.69, 9.17) is 19.2 Å². The van der Waals surface area contributed by atoms with Crippen molar-refractivity contribution in [1.82, 2.24) is 49.2 Å². The number of hydrogen-bond acceptors (Lipinski definition) is 9. The third-order valence-electron chi connectivity index (χ3n) is 1.93. The molecule has 0 spiro atoms. The van der Waals surface area contributed by atoms with Crippen molar-refractivity contribution >= 4 is 7.82 Å². The predicted molar refractivity (Wildman–Crippen MR) is 78.6 cm³/mol. The van der Waals surface area contributed by atoms with Gasteiger partial charge in [0, 0.05) is 0 Å². The van der Waals surface area contributed by atoms with Crippen molar-refractivity contribution in [2.45, 2.75) is 36.9 Å². The maximum Gasteiger partial charge on any atom is -0.0565 e. The van der Waals surface area contributed by atoms with E-state index in [1.54, 1.807) is 0 Å². The van der Waals surface area contributed by atoms with Crippen molar-refractivity contribution in [3.05, 3.63) is 0 Å². The standard InChI is InChI=1S/C6H7O5.8H3N.H3O4P/c7-4-2-1-3-5(8,9)6(4,10)11;;;;;;;;;1-5(2,3)4/h4H,1-3H2;8*1H3;(H3,1,2,3,4)/q-5;;;;;;;;;/p+5. The van der Waals surface area contributed by atoms with E-state index in [-0.39, 0.29) is 62.0 Å². The van der Waals surface area contributed by atoms with Crippen LogP contribution in [-0.2, 0) is 4.57 Å². The van der Waals surface area contributed by atoms with Gasteiger partial charge in [0.1, 0.15) is 0 Å². The molecule has 0 aromatic rings. The van der Waals surface area contributed by atoms with Crippen molar-refractivity contribution in [1.29, 1.82) is 0 Å². The Hall–Kier alpha value is -0.410. The lowest BCUT2D eigenvalue weighted by molar-refractivity contribution is -0.899. The van der Waals surface area contributed by atoms with E-state index in [0.717, 1.165) is 0 Å². The summed E-state index contributed by atoms with van der Waals surface area (Å²) in [7, 11) is -5.39. The zero-order valence-electron chi connectivity index (χ0n) is 15.8. The summed E-state index contributed by atoms with van der Waals surface area (Å²) < 4.78 is 8.55. The van der Waals surface area contributed by atoms with Gasteiger partial charge in [-0.15, -0.1) is 0 Å². The minimum atomic E-state index is -5.39. The van der Waals surface area contributed by atoms with Crippen molar-refractivity contribution in [3.8, 4) is 0 Å². The van der Waals surface area contributed by atoms with Crippen LogP contribution in [0.15, 0.2) is 0 Å². The summed E-state index contributed by atoms with van der Waals surface area (Å²) in [5.74, 6) is -7.01. The summed E-state index contributed by atoms with van der Waals surface area (Å²) in [6, 6.07) is 0. The molecular weight excluding hydrogens is 359 g/mol. The predicted octanol–water partition coefficient (Wildman–Crippen LogP) is -5.08. The first kappa shape index (κ1) is 56.6. The molecule has 18 heteroatoms. The van der Waals surface area contributed by atoms with Crippen LogP contribution < -0.4 is 89.4 Å². The molecular formula is C6H39N8O9P. The fourth-order valence-electron chi connectivity index (χ4n) is 1.13. The fourth-order valence-corrected chi connectivity index (χ4v) is 1.13. The maximum atomic E-state index is 10.6. The molecule has 1 saturated carbocycles.